The van der Waals surface area contributed by atoms with Crippen LogP contribution in [0.5, 0.6) is 0 Å². The van der Waals surface area contributed by atoms with Crippen LogP contribution < -0.4 is 5.32 Å². The van der Waals surface area contributed by atoms with Crippen molar-refractivity contribution in [3.63, 3.8) is 0 Å². The molecule has 2 unspecified atom stereocenters. The van der Waals surface area contributed by atoms with Gasteiger partial charge in [-0.15, -0.1) is 0 Å². The minimum absolute atomic E-state index is 0.120. The molecule has 1 aromatic carbocycles. The third-order valence-electron chi connectivity index (χ3n) is 3.57. The molecule has 0 aromatic heterocycles. The van der Waals surface area contributed by atoms with E-state index < -0.39 is 5.97 Å². The van der Waals surface area contributed by atoms with Crippen molar-refractivity contribution in [3.8, 4) is 0 Å². The number of carbonyl (C=O) groups excluding carboxylic acids is 1. The number of aromatic carboxylic acids is 1. The predicted octanol–water partition coefficient (Wildman–Crippen LogP) is 2.30. The first-order chi connectivity index (χ1) is 8.58. The lowest BCUT2D eigenvalue weighted by Gasteiger charge is -2.17. The Hall–Kier alpha value is -1.84. The first-order valence-electron chi connectivity index (χ1n) is 6.22. The third kappa shape index (κ3) is 2.70. The summed E-state index contributed by atoms with van der Waals surface area (Å²) in [5.41, 5.74) is 0.708. The molecule has 1 amide bonds. The zero-order valence-corrected chi connectivity index (χ0v) is 10.3. The second-order valence-corrected chi connectivity index (χ2v) is 4.87. The van der Waals surface area contributed by atoms with Gasteiger partial charge in [0.2, 0.25) is 0 Å². The van der Waals surface area contributed by atoms with Crippen molar-refractivity contribution in [2.45, 2.75) is 32.2 Å². The summed E-state index contributed by atoms with van der Waals surface area (Å²) in [6, 6.07) is 6.26. The highest BCUT2D eigenvalue weighted by Gasteiger charge is 2.25. The van der Waals surface area contributed by atoms with Crippen molar-refractivity contribution in [1.29, 1.82) is 0 Å². The molecular weight excluding hydrogens is 230 g/mol. The van der Waals surface area contributed by atoms with Gasteiger partial charge in [0.05, 0.1) is 5.56 Å². The maximum atomic E-state index is 12.0. The van der Waals surface area contributed by atoms with Crippen molar-refractivity contribution in [2.75, 3.05) is 0 Å². The van der Waals surface area contributed by atoms with Crippen LogP contribution >= 0.6 is 0 Å². The zero-order valence-electron chi connectivity index (χ0n) is 10.3. The summed E-state index contributed by atoms with van der Waals surface area (Å²) in [6.07, 6.45) is 3.34. The SMILES string of the molecule is CC1CCCC1NC(=O)c1ccc(C(=O)O)cc1. The van der Waals surface area contributed by atoms with Gasteiger partial charge in [-0.25, -0.2) is 4.79 Å². The quantitative estimate of drug-likeness (QED) is 0.861. The zero-order chi connectivity index (χ0) is 13.1. The fraction of sp³-hybridized carbons (Fsp3) is 0.429. The molecular formula is C14H17NO3. The summed E-state index contributed by atoms with van der Waals surface area (Å²) < 4.78 is 0. The standard InChI is InChI=1S/C14H17NO3/c1-9-3-2-4-12(9)15-13(16)10-5-7-11(8-6-10)14(17)18/h5-9,12H,2-4H2,1H3,(H,15,16)(H,17,18). The van der Waals surface area contributed by atoms with Gasteiger partial charge in [-0.2, -0.15) is 0 Å². The van der Waals surface area contributed by atoms with Gasteiger partial charge in [0.25, 0.3) is 5.91 Å². The van der Waals surface area contributed by atoms with E-state index in [1.165, 1.54) is 12.1 Å². The van der Waals surface area contributed by atoms with Crippen LogP contribution in [0.15, 0.2) is 24.3 Å². The summed E-state index contributed by atoms with van der Waals surface area (Å²) in [6.45, 7) is 2.14. The smallest absolute Gasteiger partial charge is 0.335 e. The minimum Gasteiger partial charge on any atom is -0.478 e. The lowest BCUT2D eigenvalue weighted by atomic mass is 10.1. The van der Waals surface area contributed by atoms with Crippen LogP contribution in [0.3, 0.4) is 0 Å². The van der Waals surface area contributed by atoms with Crippen LogP contribution in [0.2, 0.25) is 0 Å². The lowest BCUT2D eigenvalue weighted by molar-refractivity contribution is 0.0696. The van der Waals surface area contributed by atoms with Gasteiger partial charge in [0, 0.05) is 11.6 Å². The molecule has 0 spiro atoms. The van der Waals surface area contributed by atoms with Gasteiger partial charge in [0.15, 0.2) is 0 Å². The second kappa shape index (κ2) is 5.21. The molecule has 0 aliphatic heterocycles. The Bertz CT molecular complexity index is 453. The molecule has 1 aliphatic carbocycles. The van der Waals surface area contributed by atoms with Crippen LogP contribution in [-0.4, -0.2) is 23.0 Å². The van der Waals surface area contributed by atoms with Crippen LogP contribution in [0.4, 0.5) is 0 Å². The number of carboxylic acids is 1. The molecule has 2 rings (SSSR count). The summed E-state index contributed by atoms with van der Waals surface area (Å²) in [4.78, 5) is 22.7. The maximum Gasteiger partial charge on any atom is 0.335 e. The Balaban J connectivity index is 2.02. The average molecular weight is 247 g/mol. The topological polar surface area (TPSA) is 66.4 Å². The summed E-state index contributed by atoms with van der Waals surface area (Å²) in [5, 5.41) is 11.8. The normalized spacial score (nSPS) is 22.7. The Labute approximate surface area is 106 Å². The highest BCUT2D eigenvalue weighted by atomic mass is 16.4. The fourth-order valence-corrected chi connectivity index (χ4v) is 2.38. The number of hydrogen-bond donors (Lipinski definition) is 2. The van der Waals surface area contributed by atoms with Crippen molar-refractivity contribution < 1.29 is 14.7 Å². The molecule has 1 saturated carbocycles. The van der Waals surface area contributed by atoms with Crippen LogP contribution in [0, 0.1) is 5.92 Å². The molecule has 0 bridgehead atoms. The Morgan fingerprint density at radius 3 is 2.28 bits per heavy atom. The van der Waals surface area contributed by atoms with Crippen molar-refractivity contribution in [3.05, 3.63) is 35.4 Å². The summed E-state index contributed by atoms with van der Waals surface area (Å²) >= 11 is 0. The Morgan fingerprint density at radius 1 is 1.17 bits per heavy atom. The van der Waals surface area contributed by atoms with Crippen molar-refractivity contribution >= 4 is 11.9 Å². The monoisotopic (exact) mass is 247 g/mol. The number of hydrogen-bond acceptors (Lipinski definition) is 2. The molecule has 4 nitrogen and oxygen atoms in total. The van der Waals surface area contributed by atoms with Crippen molar-refractivity contribution in [1.82, 2.24) is 5.32 Å². The molecule has 1 fully saturated rings. The first-order valence-corrected chi connectivity index (χ1v) is 6.22. The maximum absolute atomic E-state index is 12.0. The molecule has 0 heterocycles. The van der Waals surface area contributed by atoms with E-state index in [4.69, 9.17) is 5.11 Å². The van der Waals surface area contributed by atoms with E-state index in [0.717, 1.165) is 19.3 Å². The number of rotatable bonds is 3. The van der Waals surface area contributed by atoms with E-state index in [2.05, 4.69) is 12.2 Å². The highest BCUT2D eigenvalue weighted by molar-refractivity contribution is 5.96. The number of amides is 1. The number of carboxylic acid groups (broad SMARTS) is 1. The van der Waals surface area contributed by atoms with Crippen LogP contribution in [-0.2, 0) is 0 Å². The first kappa shape index (κ1) is 12.6. The van der Waals surface area contributed by atoms with Gasteiger partial charge in [-0.1, -0.05) is 13.3 Å². The molecule has 1 aromatic rings. The number of carbonyl (C=O) groups is 2. The molecule has 18 heavy (non-hydrogen) atoms. The van der Waals surface area contributed by atoms with Gasteiger partial charge in [-0.05, 0) is 43.0 Å². The number of nitrogens with one attached hydrogen (secondary N) is 1. The summed E-state index contributed by atoms with van der Waals surface area (Å²) in [7, 11) is 0. The third-order valence-corrected chi connectivity index (χ3v) is 3.57. The summed E-state index contributed by atoms with van der Waals surface area (Å²) in [5.74, 6) is -0.579. The van der Waals surface area contributed by atoms with Gasteiger partial charge >= 0.3 is 5.97 Å². The highest BCUT2D eigenvalue weighted by Crippen LogP contribution is 2.25. The fourth-order valence-electron chi connectivity index (χ4n) is 2.38. The van der Waals surface area contributed by atoms with E-state index >= 15 is 0 Å². The van der Waals surface area contributed by atoms with E-state index in [1.54, 1.807) is 12.1 Å². The molecule has 0 saturated heterocycles. The van der Waals surface area contributed by atoms with Gasteiger partial charge < -0.3 is 10.4 Å². The van der Waals surface area contributed by atoms with E-state index in [0.29, 0.717) is 11.5 Å². The van der Waals surface area contributed by atoms with Gasteiger partial charge in [-0.3, -0.25) is 4.79 Å². The minimum atomic E-state index is -0.980. The van der Waals surface area contributed by atoms with Crippen LogP contribution in [0.25, 0.3) is 0 Å². The van der Waals surface area contributed by atoms with Crippen LogP contribution in [0.1, 0.15) is 46.9 Å². The number of benzene rings is 1. The molecule has 1 aliphatic rings. The van der Waals surface area contributed by atoms with E-state index in [9.17, 15) is 9.59 Å². The van der Waals surface area contributed by atoms with E-state index in [1.807, 2.05) is 0 Å². The molecule has 2 N–H and O–H groups in total. The molecule has 0 radical (unpaired) electrons. The Kier molecular flexibility index (Phi) is 3.65. The largest absolute Gasteiger partial charge is 0.478 e. The van der Waals surface area contributed by atoms with Gasteiger partial charge in [0.1, 0.15) is 0 Å². The molecule has 96 valence electrons. The second-order valence-electron chi connectivity index (χ2n) is 4.87. The Morgan fingerprint density at radius 2 is 1.78 bits per heavy atom. The van der Waals surface area contributed by atoms with E-state index in [-0.39, 0.29) is 17.5 Å². The average Bonchev–Trinajstić information content (AvgIpc) is 2.75. The van der Waals surface area contributed by atoms with Crippen molar-refractivity contribution in [2.24, 2.45) is 5.92 Å². The lowest BCUT2D eigenvalue weighted by Crippen LogP contribution is -2.36. The predicted molar refractivity (Wildman–Crippen MR) is 67.7 cm³/mol. The molecule has 4 heteroatoms. The molecule has 2 atom stereocenters.